The maximum absolute atomic E-state index is 11.4. The number of aromatic nitrogens is 2. The van der Waals surface area contributed by atoms with Crippen molar-refractivity contribution in [3.63, 3.8) is 0 Å². The predicted octanol–water partition coefficient (Wildman–Crippen LogP) is 7.04. The molecule has 0 N–H and O–H groups in total. The van der Waals surface area contributed by atoms with E-state index in [0.29, 0.717) is 18.7 Å². The summed E-state index contributed by atoms with van der Waals surface area (Å²) in [5.74, 6) is -0.249. The fourth-order valence-electron chi connectivity index (χ4n) is 2.80. The summed E-state index contributed by atoms with van der Waals surface area (Å²) in [7, 11) is 3.74. The summed E-state index contributed by atoms with van der Waals surface area (Å²) in [6.07, 6.45) is 0. The lowest BCUT2D eigenvalue weighted by Gasteiger charge is -2.18. The highest BCUT2D eigenvalue weighted by Crippen LogP contribution is 2.24. The van der Waals surface area contributed by atoms with Crippen molar-refractivity contribution in [1.82, 2.24) is 5.16 Å². The first-order valence-corrected chi connectivity index (χ1v) is 12.9. The molecule has 0 saturated carbocycles. The summed E-state index contributed by atoms with van der Waals surface area (Å²) in [4.78, 5) is 24.0. The number of esters is 1. The first-order chi connectivity index (χ1) is 18.0. The lowest BCUT2D eigenvalue weighted by Crippen LogP contribution is -2.27. The molecule has 0 unspecified atom stereocenters. The molecular formula is C31H48N3O4+. The van der Waals surface area contributed by atoms with Gasteiger partial charge in [0.25, 0.3) is 5.52 Å². The van der Waals surface area contributed by atoms with E-state index in [-0.39, 0.29) is 11.8 Å². The molecule has 1 aromatic heterocycles. The molecule has 0 aliphatic rings. The van der Waals surface area contributed by atoms with Gasteiger partial charge in [0.05, 0.1) is 12.2 Å². The molecule has 7 nitrogen and oxygen atoms in total. The van der Waals surface area contributed by atoms with E-state index in [1.165, 1.54) is 5.57 Å². The number of carbonyl (C=O) groups excluding carboxylic acids is 2. The quantitative estimate of drug-likeness (QED) is 0.113. The fraction of sp³-hybridized carbons (Fsp3) is 0.419. The number of fused-ring (bicyclic) bond motifs is 1. The number of benzene rings is 2. The van der Waals surface area contributed by atoms with Gasteiger partial charge >= 0.3 is 5.97 Å². The first-order valence-electron chi connectivity index (χ1n) is 12.9. The van der Waals surface area contributed by atoms with Crippen LogP contribution in [-0.2, 0) is 16.6 Å². The van der Waals surface area contributed by atoms with Crippen molar-refractivity contribution in [1.29, 1.82) is 0 Å². The summed E-state index contributed by atoms with van der Waals surface area (Å²) in [5.41, 5.74) is 6.13. The molecular weight excluding hydrogens is 478 g/mol. The van der Waals surface area contributed by atoms with E-state index >= 15 is 0 Å². The molecule has 0 radical (unpaired) electrons. The number of hydrogen-bond donors (Lipinski definition) is 0. The Morgan fingerprint density at radius 1 is 0.974 bits per heavy atom. The number of likely N-dealkylation sites (N-methyl/N-ethyl adjacent to an activating group) is 1. The van der Waals surface area contributed by atoms with E-state index in [2.05, 4.69) is 18.3 Å². The third-order valence-corrected chi connectivity index (χ3v) is 4.50. The SMILES string of the molecule is C=C(C)C.C=C(C)C(=O)OCCN(C)c1ccc(C)c2c1no[n+]2C.CC.CC.CC(=O)c1ccccc1. The highest BCUT2D eigenvalue weighted by molar-refractivity contribution is 5.93. The van der Waals surface area contributed by atoms with Gasteiger partial charge in [-0.3, -0.25) is 4.79 Å². The Hall–Kier alpha value is -3.74. The zero-order valence-corrected chi connectivity index (χ0v) is 25.3. The number of Topliss-reactive ketones (excluding diaryl/α,β-unsaturated/α-hetero) is 1. The van der Waals surface area contributed by atoms with Crippen LogP contribution >= 0.6 is 0 Å². The Labute approximate surface area is 229 Å². The average molecular weight is 527 g/mol. The largest absolute Gasteiger partial charge is 0.460 e. The highest BCUT2D eigenvalue weighted by atomic mass is 16.6. The highest BCUT2D eigenvalue weighted by Gasteiger charge is 2.21. The predicted molar refractivity (Wildman–Crippen MR) is 159 cm³/mol. The van der Waals surface area contributed by atoms with E-state index < -0.39 is 0 Å². The zero-order chi connectivity index (χ0) is 29.8. The van der Waals surface area contributed by atoms with Gasteiger partial charge in [0, 0.05) is 23.7 Å². The Kier molecular flexibility index (Phi) is 19.5. The summed E-state index contributed by atoms with van der Waals surface area (Å²) < 4.78 is 12.0. The third-order valence-electron chi connectivity index (χ3n) is 4.50. The molecule has 0 saturated heterocycles. The average Bonchev–Trinajstić information content (AvgIpc) is 3.29. The number of allylic oxidation sites excluding steroid dienone is 1. The van der Waals surface area contributed by atoms with Crippen LogP contribution in [0.4, 0.5) is 5.69 Å². The van der Waals surface area contributed by atoms with Crippen LogP contribution in [0.15, 0.2) is 71.4 Å². The Morgan fingerprint density at radius 2 is 1.50 bits per heavy atom. The van der Waals surface area contributed by atoms with E-state index in [9.17, 15) is 9.59 Å². The second-order valence-corrected chi connectivity index (χ2v) is 8.24. The fourth-order valence-corrected chi connectivity index (χ4v) is 2.80. The Bertz CT molecular complexity index is 1130. The number of anilines is 1. The molecule has 38 heavy (non-hydrogen) atoms. The zero-order valence-electron chi connectivity index (χ0n) is 25.3. The summed E-state index contributed by atoms with van der Waals surface area (Å²) in [6.45, 7) is 25.1. The van der Waals surface area contributed by atoms with Crippen LogP contribution < -0.4 is 9.64 Å². The van der Waals surface area contributed by atoms with Gasteiger partial charge in [0.15, 0.2) is 10.9 Å². The van der Waals surface area contributed by atoms with Gasteiger partial charge < -0.3 is 9.64 Å². The number of carbonyl (C=O) groups is 2. The second kappa shape index (κ2) is 20.3. The molecule has 2 aromatic carbocycles. The van der Waals surface area contributed by atoms with Gasteiger partial charge in [0.2, 0.25) is 5.52 Å². The standard InChI is InChI=1S/C15H20N3O3.C8H8O.C4H8.2C2H6/c1-10(2)15(19)20-9-8-17(4)12-7-6-11(3)14-13(12)16-21-18(14)5;1-7(9)8-5-3-2-4-6-8;1-4(2)3;2*1-2/h6-7H,1,8-9H2,2-5H3;2-6H,1H3;1H2,2-3H3;2*1-2H3/q+1;;;;. The van der Waals surface area contributed by atoms with E-state index in [4.69, 9.17) is 9.37 Å². The monoisotopic (exact) mass is 526 g/mol. The van der Waals surface area contributed by atoms with Crippen molar-refractivity contribution < 1.29 is 23.7 Å². The smallest absolute Gasteiger partial charge is 0.333 e. The number of nitrogens with zero attached hydrogens (tertiary/aromatic N) is 3. The normalized spacial score (nSPS) is 9.03. The molecule has 7 heteroatoms. The van der Waals surface area contributed by atoms with Crippen molar-refractivity contribution >= 4 is 28.5 Å². The van der Waals surface area contributed by atoms with Crippen LogP contribution in [0.25, 0.3) is 11.0 Å². The number of hydrogen-bond acceptors (Lipinski definition) is 6. The van der Waals surface area contributed by atoms with Gasteiger partial charge in [-0.1, -0.05) is 85.6 Å². The third kappa shape index (κ3) is 13.5. The Morgan fingerprint density at radius 3 is 1.95 bits per heavy atom. The van der Waals surface area contributed by atoms with Crippen LogP contribution in [0.3, 0.4) is 0 Å². The van der Waals surface area contributed by atoms with Crippen LogP contribution in [0.5, 0.6) is 0 Å². The molecule has 0 atom stereocenters. The van der Waals surface area contributed by atoms with E-state index in [1.807, 2.05) is 110 Å². The van der Waals surface area contributed by atoms with Crippen molar-refractivity contribution in [3.8, 4) is 0 Å². The number of ether oxygens (including phenoxy) is 1. The molecule has 0 aliphatic heterocycles. The van der Waals surface area contributed by atoms with Crippen molar-refractivity contribution in [2.45, 2.75) is 62.3 Å². The molecule has 1 heterocycles. The first kappa shape index (κ1) is 36.4. The minimum Gasteiger partial charge on any atom is -0.460 e. The Balaban J connectivity index is 0. The van der Waals surface area contributed by atoms with Gasteiger partial charge in [-0.25, -0.2) is 4.79 Å². The van der Waals surface area contributed by atoms with Crippen LogP contribution in [-0.4, -0.2) is 37.1 Å². The van der Waals surface area contributed by atoms with Gasteiger partial charge in [-0.05, 0) is 40.7 Å². The lowest BCUT2D eigenvalue weighted by atomic mass is 10.1. The molecule has 3 rings (SSSR count). The van der Waals surface area contributed by atoms with Gasteiger partial charge in [-0.2, -0.15) is 0 Å². The van der Waals surface area contributed by atoms with Gasteiger partial charge in [0.1, 0.15) is 13.7 Å². The second-order valence-electron chi connectivity index (χ2n) is 8.24. The van der Waals surface area contributed by atoms with Crippen LogP contribution in [0.2, 0.25) is 0 Å². The van der Waals surface area contributed by atoms with Crippen molar-refractivity contribution in [2.24, 2.45) is 7.05 Å². The van der Waals surface area contributed by atoms with Crippen LogP contribution in [0.1, 0.15) is 71.3 Å². The molecule has 0 spiro atoms. The minimum atomic E-state index is -0.370. The van der Waals surface area contributed by atoms with E-state index in [1.54, 1.807) is 18.6 Å². The number of aryl methyl sites for hydroxylation is 2. The minimum absolute atomic E-state index is 0.121. The summed E-state index contributed by atoms with van der Waals surface area (Å²) in [5, 5.41) is 4.10. The molecule has 0 bridgehead atoms. The maximum Gasteiger partial charge on any atom is 0.333 e. The van der Waals surface area contributed by atoms with Crippen molar-refractivity contribution in [2.75, 3.05) is 25.1 Å². The lowest BCUT2D eigenvalue weighted by molar-refractivity contribution is -0.834. The molecule has 0 fully saturated rings. The molecule has 210 valence electrons. The molecule has 0 aliphatic carbocycles. The molecule has 0 amide bonds. The van der Waals surface area contributed by atoms with Crippen molar-refractivity contribution in [3.05, 3.63) is 77.9 Å². The van der Waals surface area contributed by atoms with E-state index in [0.717, 1.165) is 27.8 Å². The summed E-state index contributed by atoms with van der Waals surface area (Å²) in [6, 6.07) is 13.2. The maximum atomic E-state index is 11.4. The molecule has 3 aromatic rings. The topological polar surface area (TPSA) is 76.5 Å². The number of ketones is 1. The van der Waals surface area contributed by atoms with Crippen LogP contribution in [0, 0.1) is 6.92 Å². The summed E-state index contributed by atoms with van der Waals surface area (Å²) >= 11 is 0. The van der Waals surface area contributed by atoms with Gasteiger partial charge in [-0.15, -0.1) is 6.58 Å². The number of rotatable bonds is 6.